The minimum absolute atomic E-state index is 0.0535. The van der Waals surface area contributed by atoms with E-state index in [2.05, 4.69) is 66.9 Å². The number of aryl methyl sites for hydroxylation is 2. The molecule has 3 aliphatic rings. The summed E-state index contributed by atoms with van der Waals surface area (Å²) in [6, 6.07) is 8.22. The monoisotopic (exact) mass is 666 g/mol. The van der Waals surface area contributed by atoms with E-state index in [9.17, 15) is 13.2 Å². The number of nitrogens with zero attached hydrogens (tertiary/aromatic N) is 8. The summed E-state index contributed by atoms with van der Waals surface area (Å²) in [6.07, 6.45) is 4.46. The first-order valence-electron chi connectivity index (χ1n) is 17.0. The van der Waals surface area contributed by atoms with Gasteiger partial charge in [-0.05, 0) is 101 Å². The van der Waals surface area contributed by atoms with Gasteiger partial charge in [-0.25, -0.2) is 0 Å². The second-order valence-corrected chi connectivity index (χ2v) is 14.5. The largest absolute Gasteiger partial charge is 0.416 e. The summed E-state index contributed by atoms with van der Waals surface area (Å²) in [5, 5.41) is 23.9. The Balaban J connectivity index is 1.18. The lowest BCUT2D eigenvalue weighted by atomic mass is 9.58. The number of nitrogens with one attached hydrogen (secondary N) is 2. The zero-order valence-corrected chi connectivity index (χ0v) is 29.1. The van der Waals surface area contributed by atoms with Crippen molar-refractivity contribution in [1.29, 1.82) is 0 Å². The highest BCUT2D eigenvalue weighted by atomic mass is 19.4. The first kappa shape index (κ1) is 34.3. The number of piperidine rings is 1. The fourth-order valence-electron chi connectivity index (χ4n) is 8.17. The number of anilines is 1. The second kappa shape index (κ2) is 13.1. The molecule has 2 N–H and O–H groups in total. The van der Waals surface area contributed by atoms with Gasteiger partial charge in [0.25, 0.3) is 0 Å². The normalized spacial score (nSPS) is 27.4. The zero-order valence-electron chi connectivity index (χ0n) is 29.1. The van der Waals surface area contributed by atoms with Crippen LogP contribution in [0, 0.1) is 5.92 Å². The Kier molecular flexibility index (Phi) is 9.33. The lowest BCUT2D eigenvalue weighted by Gasteiger charge is -2.46. The van der Waals surface area contributed by atoms with Crippen LogP contribution in [-0.4, -0.2) is 90.2 Å². The van der Waals surface area contributed by atoms with Crippen LogP contribution in [0.25, 0.3) is 0 Å². The molecule has 3 heterocycles. The van der Waals surface area contributed by atoms with Gasteiger partial charge < -0.3 is 9.88 Å². The van der Waals surface area contributed by atoms with E-state index >= 15 is 0 Å². The van der Waals surface area contributed by atoms with E-state index in [1.807, 2.05) is 57.9 Å². The van der Waals surface area contributed by atoms with Crippen LogP contribution in [0.15, 0.2) is 59.6 Å². The van der Waals surface area contributed by atoms with Crippen molar-refractivity contribution in [3.63, 3.8) is 0 Å². The fourth-order valence-corrected chi connectivity index (χ4v) is 8.17. The third-order valence-electron chi connectivity index (χ3n) is 11.0. The molecule has 1 saturated carbocycles. The van der Waals surface area contributed by atoms with E-state index in [0.29, 0.717) is 24.6 Å². The van der Waals surface area contributed by atoms with Gasteiger partial charge in [-0.1, -0.05) is 24.3 Å². The molecule has 2 aromatic heterocycles. The van der Waals surface area contributed by atoms with E-state index in [4.69, 9.17) is 0 Å². The molecule has 260 valence electrons. The average molecular weight is 667 g/mol. The van der Waals surface area contributed by atoms with Crippen LogP contribution >= 0.6 is 0 Å². The SMILES string of the molecule is CC1=C(CNc2cccc(C3(c4nncn4C)CC(C)C3)c2)C(C(F)(F)F)=C[C@]1(C)N1CCC[C@H](NC(C)N(C)Cc2cn(C)nn2)C1. The highest BCUT2D eigenvalue weighted by Crippen LogP contribution is 2.52. The van der Waals surface area contributed by atoms with Gasteiger partial charge in [0.2, 0.25) is 0 Å². The quantitative estimate of drug-likeness (QED) is 0.271. The summed E-state index contributed by atoms with van der Waals surface area (Å²) < 4.78 is 47.6. The number of halogens is 3. The number of benzene rings is 1. The Morgan fingerprint density at radius 3 is 2.58 bits per heavy atom. The third kappa shape index (κ3) is 6.56. The number of hydrogen-bond donors (Lipinski definition) is 2. The highest BCUT2D eigenvalue weighted by Gasteiger charge is 2.49. The Morgan fingerprint density at radius 1 is 1.17 bits per heavy atom. The Labute approximate surface area is 281 Å². The minimum Gasteiger partial charge on any atom is -0.381 e. The second-order valence-electron chi connectivity index (χ2n) is 14.5. The Hall–Kier alpha value is -3.55. The molecule has 1 saturated heterocycles. The molecule has 0 amide bonds. The molecule has 2 fully saturated rings. The summed E-state index contributed by atoms with van der Waals surface area (Å²) in [5.41, 5.74) is 2.24. The molecule has 2 aliphatic carbocycles. The van der Waals surface area contributed by atoms with Gasteiger partial charge in [-0.2, -0.15) is 13.2 Å². The van der Waals surface area contributed by atoms with Crippen LogP contribution in [0.1, 0.15) is 70.5 Å². The smallest absolute Gasteiger partial charge is 0.381 e. The molecule has 6 rings (SSSR count). The van der Waals surface area contributed by atoms with Crippen LogP contribution in [0.5, 0.6) is 0 Å². The molecule has 0 radical (unpaired) electrons. The van der Waals surface area contributed by atoms with Crippen LogP contribution in [0.2, 0.25) is 0 Å². The van der Waals surface area contributed by atoms with Crippen molar-refractivity contribution < 1.29 is 13.2 Å². The maximum Gasteiger partial charge on any atom is 0.416 e. The highest BCUT2D eigenvalue weighted by molar-refractivity contribution is 5.57. The summed E-state index contributed by atoms with van der Waals surface area (Å²) in [7, 11) is 5.84. The van der Waals surface area contributed by atoms with E-state index in [1.54, 1.807) is 11.0 Å². The first-order chi connectivity index (χ1) is 22.7. The first-order valence-corrected chi connectivity index (χ1v) is 17.0. The predicted octanol–water partition coefficient (Wildman–Crippen LogP) is 5.18. The average Bonchev–Trinajstić information content (AvgIpc) is 3.72. The number of aromatic nitrogens is 6. The number of rotatable bonds is 11. The van der Waals surface area contributed by atoms with Crippen LogP contribution in [0.3, 0.4) is 0 Å². The molecule has 3 aromatic rings. The lowest BCUT2D eigenvalue weighted by molar-refractivity contribution is -0.0895. The van der Waals surface area contributed by atoms with Crippen molar-refractivity contribution in [1.82, 2.24) is 44.9 Å². The molecule has 3 atom stereocenters. The van der Waals surface area contributed by atoms with Crippen LogP contribution in [0.4, 0.5) is 18.9 Å². The van der Waals surface area contributed by atoms with Crippen LogP contribution < -0.4 is 10.6 Å². The molecule has 10 nitrogen and oxygen atoms in total. The maximum absolute atomic E-state index is 14.7. The molecule has 48 heavy (non-hydrogen) atoms. The number of likely N-dealkylation sites (tertiary alicyclic amines) is 1. The number of alkyl halides is 3. The summed E-state index contributed by atoms with van der Waals surface area (Å²) >= 11 is 0. The van der Waals surface area contributed by atoms with Gasteiger partial charge >= 0.3 is 6.18 Å². The standard InChI is InChI=1S/C35H49F3N10/c1-23-15-34(16-23,32-43-40-22-46(32)6)26-10-8-11-27(14-26)39-18-30-24(2)33(4,17-31(30)35(36,37)38)48-13-9-12-28(21-48)41-25(3)45(5)19-29-20-47(7)44-42-29/h8,10-11,14,17,20,22-23,25,28,39,41H,9,12-13,15-16,18-19,21H2,1-7H3/t23?,25?,28-,33-,34?/m0/s1. The predicted molar refractivity (Wildman–Crippen MR) is 180 cm³/mol. The molecule has 1 aromatic carbocycles. The van der Waals surface area contributed by atoms with Gasteiger partial charge in [0.05, 0.1) is 28.4 Å². The van der Waals surface area contributed by atoms with Crippen molar-refractivity contribution in [3.8, 4) is 0 Å². The number of hydrogen-bond acceptors (Lipinski definition) is 8. The van der Waals surface area contributed by atoms with Gasteiger partial charge in [0.1, 0.15) is 12.2 Å². The molecule has 1 aliphatic heterocycles. The topological polar surface area (TPSA) is 92.0 Å². The van der Waals surface area contributed by atoms with Crippen molar-refractivity contribution >= 4 is 5.69 Å². The fraction of sp³-hybridized carbons (Fsp3) is 0.600. The molecule has 0 spiro atoms. The molecule has 1 unspecified atom stereocenters. The van der Waals surface area contributed by atoms with Gasteiger partial charge in [0, 0.05) is 51.7 Å². The molecule has 0 bridgehead atoms. The lowest BCUT2D eigenvalue weighted by Crippen LogP contribution is -2.57. The Bertz CT molecular complexity index is 1670. The zero-order chi connectivity index (χ0) is 34.4. The van der Waals surface area contributed by atoms with Gasteiger partial charge in [-0.3, -0.25) is 19.8 Å². The van der Waals surface area contributed by atoms with Crippen LogP contribution in [-0.2, 0) is 26.1 Å². The molecular weight excluding hydrogens is 617 g/mol. The van der Waals surface area contributed by atoms with E-state index in [1.165, 1.54) is 6.08 Å². The van der Waals surface area contributed by atoms with Gasteiger partial charge in [-0.15, -0.1) is 15.3 Å². The summed E-state index contributed by atoms with van der Waals surface area (Å²) in [5.74, 6) is 1.48. The maximum atomic E-state index is 14.7. The molecule has 13 heteroatoms. The van der Waals surface area contributed by atoms with Crippen molar-refractivity contribution in [2.24, 2.45) is 20.0 Å². The van der Waals surface area contributed by atoms with E-state index in [0.717, 1.165) is 60.6 Å². The minimum atomic E-state index is -4.46. The molecular formula is C35H49F3N10. The van der Waals surface area contributed by atoms with E-state index in [-0.39, 0.29) is 24.2 Å². The Morgan fingerprint density at radius 2 is 1.94 bits per heavy atom. The summed E-state index contributed by atoms with van der Waals surface area (Å²) in [4.78, 5) is 4.40. The van der Waals surface area contributed by atoms with E-state index < -0.39 is 17.3 Å². The van der Waals surface area contributed by atoms with Crippen molar-refractivity contribution in [2.45, 2.75) is 89.3 Å². The van der Waals surface area contributed by atoms with Gasteiger partial charge in [0.15, 0.2) is 0 Å². The third-order valence-corrected chi connectivity index (χ3v) is 11.0. The summed E-state index contributed by atoms with van der Waals surface area (Å²) in [6.45, 7) is 10.3. The van der Waals surface area contributed by atoms with Crippen molar-refractivity contribution in [2.75, 3.05) is 32.0 Å². The van der Waals surface area contributed by atoms with Crippen molar-refractivity contribution in [3.05, 3.63) is 76.7 Å².